The van der Waals surface area contributed by atoms with Crippen LogP contribution in [0.2, 0.25) is 0 Å². The SMILES string of the molecule is CC(=O)N1CC[C@@H]2[C@@H](CO)N(C)c3ccc(-c4ccccc4)cc3[C@@H]21. The highest BCUT2D eigenvalue weighted by atomic mass is 16.3. The van der Waals surface area contributed by atoms with E-state index in [1.807, 2.05) is 23.1 Å². The Bertz CT molecular complexity index is 790. The summed E-state index contributed by atoms with van der Waals surface area (Å²) in [6.07, 6.45) is 0.939. The van der Waals surface area contributed by atoms with Gasteiger partial charge in [0.1, 0.15) is 0 Å². The van der Waals surface area contributed by atoms with Crippen LogP contribution in [0.25, 0.3) is 11.1 Å². The summed E-state index contributed by atoms with van der Waals surface area (Å²) in [6.45, 7) is 2.53. The Labute approximate surface area is 148 Å². The van der Waals surface area contributed by atoms with E-state index in [0.717, 1.165) is 18.7 Å². The van der Waals surface area contributed by atoms with E-state index in [1.54, 1.807) is 6.92 Å². The van der Waals surface area contributed by atoms with Crippen molar-refractivity contribution in [1.82, 2.24) is 4.90 Å². The Hall–Kier alpha value is -2.33. The second-order valence-corrected chi connectivity index (χ2v) is 7.11. The van der Waals surface area contributed by atoms with Gasteiger partial charge < -0.3 is 14.9 Å². The fourth-order valence-corrected chi connectivity index (χ4v) is 4.62. The quantitative estimate of drug-likeness (QED) is 0.917. The molecule has 1 amide bonds. The van der Waals surface area contributed by atoms with Crippen molar-refractivity contribution in [2.24, 2.45) is 5.92 Å². The molecule has 4 heteroatoms. The number of carbonyl (C=O) groups excluding carboxylic acids is 1. The number of benzene rings is 2. The molecule has 1 N–H and O–H groups in total. The number of anilines is 1. The van der Waals surface area contributed by atoms with E-state index in [-0.39, 0.29) is 30.5 Å². The fraction of sp³-hybridized carbons (Fsp3) is 0.381. The van der Waals surface area contributed by atoms with Crippen LogP contribution in [0.5, 0.6) is 0 Å². The molecule has 130 valence electrons. The Morgan fingerprint density at radius 1 is 1.16 bits per heavy atom. The summed E-state index contributed by atoms with van der Waals surface area (Å²) in [5.41, 5.74) is 4.67. The van der Waals surface area contributed by atoms with Gasteiger partial charge in [-0.25, -0.2) is 0 Å². The molecule has 1 fully saturated rings. The van der Waals surface area contributed by atoms with Gasteiger partial charge in [-0.15, -0.1) is 0 Å². The summed E-state index contributed by atoms with van der Waals surface area (Å²) in [7, 11) is 2.05. The van der Waals surface area contributed by atoms with Crippen LogP contribution in [0.3, 0.4) is 0 Å². The van der Waals surface area contributed by atoms with Gasteiger partial charge in [-0.05, 0) is 35.2 Å². The third-order valence-corrected chi connectivity index (χ3v) is 5.86. The molecule has 0 bridgehead atoms. The predicted octanol–water partition coefficient (Wildman–Crippen LogP) is 3.07. The zero-order valence-electron chi connectivity index (χ0n) is 14.7. The van der Waals surface area contributed by atoms with E-state index in [2.05, 4.69) is 42.3 Å². The number of hydrogen-bond donors (Lipinski definition) is 1. The Morgan fingerprint density at radius 3 is 2.60 bits per heavy atom. The zero-order valence-corrected chi connectivity index (χ0v) is 14.7. The summed E-state index contributed by atoms with van der Waals surface area (Å²) < 4.78 is 0. The molecule has 1 saturated heterocycles. The fourth-order valence-electron chi connectivity index (χ4n) is 4.62. The molecule has 3 atom stereocenters. The maximum Gasteiger partial charge on any atom is 0.219 e. The van der Waals surface area contributed by atoms with Gasteiger partial charge in [0.2, 0.25) is 5.91 Å². The number of likely N-dealkylation sites (tertiary alicyclic amines) is 1. The van der Waals surface area contributed by atoms with Crippen LogP contribution >= 0.6 is 0 Å². The number of rotatable bonds is 2. The van der Waals surface area contributed by atoms with Gasteiger partial charge in [-0.2, -0.15) is 0 Å². The molecule has 0 aliphatic carbocycles. The summed E-state index contributed by atoms with van der Waals surface area (Å²) >= 11 is 0. The van der Waals surface area contributed by atoms with Crippen molar-refractivity contribution >= 4 is 11.6 Å². The molecule has 2 aromatic carbocycles. The van der Waals surface area contributed by atoms with Crippen molar-refractivity contribution in [3.8, 4) is 11.1 Å². The average Bonchev–Trinajstić information content (AvgIpc) is 3.08. The van der Waals surface area contributed by atoms with Gasteiger partial charge >= 0.3 is 0 Å². The number of nitrogens with zero attached hydrogens (tertiary/aromatic N) is 2. The third-order valence-electron chi connectivity index (χ3n) is 5.86. The first kappa shape index (κ1) is 16.2. The maximum absolute atomic E-state index is 12.2. The van der Waals surface area contributed by atoms with E-state index in [4.69, 9.17) is 0 Å². The molecule has 0 unspecified atom stereocenters. The van der Waals surface area contributed by atoms with Crippen LogP contribution in [-0.2, 0) is 4.79 Å². The summed E-state index contributed by atoms with van der Waals surface area (Å²) in [4.78, 5) is 16.4. The van der Waals surface area contributed by atoms with E-state index < -0.39 is 0 Å². The van der Waals surface area contributed by atoms with E-state index in [1.165, 1.54) is 16.7 Å². The molecule has 4 nitrogen and oxygen atoms in total. The van der Waals surface area contributed by atoms with Gasteiger partial charge in [-0.1, -0.05) is 36.4 Å². The van der Waals surface area contributed by atoms with Crippen molar-refractivity contribution < 1.29 is 9.90 Å². The van der Waals surface area contributed by atoms with Crippen LogP contribution in [0.1, 0.15) is 24.9 Å². The molecule has 25 heavy (non-hydrogen) atoms. The second kappa shape index (κ2) is 6.19. The highest BCUT2D eigenvalue weighted by molar-refractivity contribution is 5.77. The van der Waals surface area contributed by atoms with Crippen molar-refractivity contribution in [2.45, 2.75) is 25.4 Å². The van der Waals surface area contributed by atoms with Gasteiger partial charge in [0, 0.05) is 32.1 Å². The maximum atomic E-state index is 12.2. The van der Waals surface area contributed by atoms with E-state index in [0.29, 0.717) is 0 Å². The van der Waals surface area contributed by atoms with Crippen molar-refractivity contribution in [3.05, 3.63) is 54.1 Å². The van der Waals surface area contributed by atoms with Crippen molar-refractivity contribution in [1.29, 1.82) is 0 Å². The first-order valence-electron chi connectivity index (χ1n) is 8.92. The topological polar surface area (TPSA) is 43.8 Å². The normalized spacial score (nSPS) is 24.8. The highest BCUT2D eigenvalue weighted by Gasteiger charge is 2.46. The lowest BCUT2D eigenvalue weighted by molar-refractivity contribution is -0.130. The number of aliphatic hydroxyl groups is 1. The van der Waals surface area contributed by atoms with E-state index >= 15 is 0 Å². The van der Waals surface area contributed by atoms with Crippen molar-refractivity contribution in [3.63, 3.8) is 0 Å². The monoisotopic (exact) mass is 336 g/mol. The Kier molecular flexibility index (Phi) is 4.00. The van der Waals surface area contributed by atoms with Gasteiger partial charge in [0.25, 0.3) is 0 Å². The largest absolute Gasteiger partial charge is 0.394 e. The number of fused-ring (bicyclic) bond motifs is 3. The molecule has 0 spiro atoms. The molecular formula is C21H24N2O2. The van der Waals surface area contributed by atoms with Gasteiger partial charge in [0.05, 0.1) is 18.7 Å². The number of amides is 1. The first-order valence-corrected chi connectivity index (χ1v) is 8.92. The first-order chi connectivity index (χ1) is 12.1. The molecule has 2 aliphatic rings. The minimum absolute atomic E-state index is 0.0597. The molecule has 2 aromatic rings. The van der Waals surface area contributed by atoms with Crippen LogP contribution < -0.4 is 4.90 Å². The molecule has 4 rings (SSSR count). The van der Waals surface area contributed by atoms with Crippen LogP contribution in [0.4, 0.5) is 5.69 Å². The average molecular weight is 336 g/mol. The zero-order chi connectivity index (χ0) is 17.6. The molecule has 0 saturated carbocycles. The summed E-state index contributed by atoms with van der Waals surface area (Å²) in [5, 5.41) is 9.95. The Morgan fingerprint density at radius 2 is 1.92 bits per heavy atom. The number of carbonyl (C=O) groups is 1. The van der Waals surface area contributed by atoms with Crippen LogP contribution in [-0.4, -0.2) is 42.2 Å². The number of hydrogen-bond acceptors (Lipinski definition) is 3. The lowest BCUT2D eigenvalue weighted by Crippen LogP contribution is -2.48. The molecule has 2 aliphatic heterocycles. The smallest absolute Gasteiger partial charge is 0.219 e. The molecule has 2 heterocycles. The van der Waals surface area contributed by atoms with Crippen LogP contribution in [0.15, 0.2) is 48.5 Å². The van der Waals surface area contributed by atoms with Gasteiger partial charge in [-0.3, -0.25) is 4.79 Å². The minimum Gasteiger partial charge on any atom is -0.394 e. The standard InChI is InChI=1S/C21H24N2O2/c1-14(25)23-11-10-17-20(13-24)22(2)19-9-8-16(12-18(19)21(17)23)15-6-4-3-5-7-15/h3-9,12,17,20-21,24H,10-11,13H2,1-2H3/t17-,20-,21-/m1/s1. The summed E-state index contributed by atoms with van der Waals surface area (Å²) in [5.74, 6) is 0.391. The highest BCUT2D eigenvalue weighted by Crippen LogP contribution is 2.49. The predicted molar refractivity (Wildman–Crippen MR) is 99.4 cm³/mol. The number of aliphatic hydroxyl groups excluding tert-OH is 1. The van der Waals surface area contributed by atoms with Crippen LogP contribution in [0, 0.1) is 5.92 Å². The van der Waals surface area contributed by atoms with Gasteiger partial charge in [0.15, 0.2) is 0 Å². The number of likely N-dealkylation sites (N-methyl/N-ethyl adjacent to an activating group) is 1. The molecular weight excluding hydrogens is 312 g/mol. The third kappa shape index (κ3) is 2.52. The molecule has 0 radical (unpaired) electrons. The summed E-state index contributed by atoms with van der Waals surface area (Å²) in [6, 6.07) is 16.9. The minimum atomic E-state index is 0.0597. The van der Waals surface area contributed by atoms with Crippen molar-refractivity contribution in [2.75, 3.05) is 25.1 Å². The Balaban J connectivity index is 1.85. The second-order valence-electron chi connectivity index (χ2n) is 7.11. The molecule has 0 aromatic heterocycles. The van der Waals surface area contributed by atoms with E-state index in [9.17, 15) is 9.90 Å². The lowest BCUT2D eigenvalue weighted by atomic mass is 9.81. The lowest BCUT2D eigenvalue weighted by Gasteiger charge is -2.44.